The number of nitrogens with one attached hydrogen (secondary N) is 1. The smallest absolute Gasteiger partial charge is 0.197 e. The summed E-state index contributed by atoms with van der Waals surface area (Å²) in [5.41, 5.74) is 6.50. The predicted molar refractivity (Wildman–Crippen MR) is 135 cm³/mol. The molecule has 8 nitrogen and oxygen atoms in total. The van der Waals surface area contributed by atoms with Gasteiger partial charge in [-0.15, -0.1) is 0 Å². The van der Waals surface area contributed by atoms with Crippen LogP contribution in [-0.2, 0) is 0 Å². The van der Waals surface area contributed by atoms with Gasteiger partial charge in [-0.25, -0.2) is 14.5 Å². The quantitative estimate of drug-likeness (QED) is 0.477. The first kappa shape index (κ1) is 21.4. The molecule has 6 heterocycles. The molecule has 0 aliphatic carbocycles. The van der Waals surface area contributed by atoms with Gasteiger partial charge in [-0.3, -0.25) is 0 Å². The Morgan fingerprint density at radius 3 is 2.59 bits per heavy atom. The lowest BCUT2D eigenvalue weighted by atomic mass is 9.94. The number of likely N-dealkylation sites (tertiary alicyclic amines) is 1. The lowest BCUT2D eigenvalue weighted by Gasteiger charge is -2.43. The number of hydrogen-bond acceptors (Lipinski definition) is 6. The van der Waals surface area contributed by atoms with Crippen LogP contribution in [0.5, 0.6) is 5.75 Å². The summed E-state index contributed by atoms with van der Waals surface area (Å²) >= 11 is 0. The van der Waals surface area contributed by atoms with Crippen LogP contribution in [-0.4, -0.2) is 68.8 Å². The van der Waals surface area contributed by atoms with Crippen molar-refractivity contribution < 1.29 is 4.74 Å². The number of aromatic nitrogens is 5. The first-order chi connectivity index (χ1) is 16.5. The zero-order valence-corrected chi connectivity index (χ0v) is 20.5. The summed E-state index contributed by atoms with van der Waals surface area (Å²) in [5.74, 6) is 2.18. The van der Waals surface area contributed by atoms with E-state index in [4.69, 9.17) is 9.72 Å². The van der Waals surface area contributed by atoms with Crippen LogP contribution in [0.1, 0.15) is 50.2 Å². The second-order valence-corrected chi connectivity index (χ2v) is 10.00. The molecule has 0 saturated carbocycles. The van der Waals surface area contributed by atoms with Gasteiger partial charge in [0.05, 0.1) is 24.5 Å². The SMILES string of the molecule is COc1cc(-c2[nH]c3cnc(N4CCC(N5CCC5)CC4)c(C)c3c2C(C)C)cn2ncnc12. The highest BCUT2D eigenvalue weighted by Gasteiger charge is 2.29. The topological polar surface area (TPSA) is 74.6 Å². The molecule has 4 aromatic rings. The molecule has 4 aromatic heterocycles. The van der Waals surface area contributed by atoms with Crippen molar-refractivity contribution in [3.63, 3.8) is 0 Å². The number of anilines is 1. The normalized spacial score (nSPS) is 17.7. The van der Waals surface area contributed by atoms with Gasteiger partial charge in [-0.2, -0.15) is 5.10 Å². The van der Waals surface area contributed by atoms with Gasteiger partial charge in [0.25, 0.3) is 0 Å². The molecule has 34 heavy (non-hydrogen) atoms. The van der Waals surface area contributed by atoms with E-state index in [9.17, 15) is 0 Å². The Kier molecular flexibility index (Phi) is 5.21. The van der Waals surface area contributed by atoms with Crippen LogP contribution in [0.2, 0.25) is 0 Å². The second kappa shape index (κ2) is 8.27. The van der Waals surface area contributed by atoms with Crippen LogP contribution in [0.4, 0.5) is 5.82 Å². The molecule has 2 aliphatic heterocycles. The minimum absolute atomic E-state index is 0.340. The fourth-order valence-electron chi connectivity index (χ4n) is 5.82. The minimum atomic E-state index is 0.340. The maximum absolute atomic E-state index is 5.62. The van der Waals surface area contributed by atoms with E-state index < -0.39 is 0 Å². The van der Waals surface area contributed by atoms with Crippen LogP contribution in [0, 0.1) is 6.92 Å². The fraction of sp³-hybridized carbons (Fsp3) is 0.500. The lowest BCUT2D eigenvalue weighted by molar-refractivity contribution is 0.1000. The van der Waals surface area contributed by atoms with Gasteiger partial charge < -0.3 is 19.5 Å². The molecule has 8 heteroatoms. The third-order valence-corrected chi connectivity index (χ3v) is 7.69. The molecule has 0 spiro atoms. The average molecular weight is 460 g/mol. The van der Waals surface area contributed by atoms with Crippen LogP contribution >= 0.6 is 0 Å². The molecule has 0 atom stereocenters. The van der Waals surface area contributed by atoms with Crippen LogP contribution in [0.3, 0.4) is 0 Å². The van der Waals surface area contributed by atoms with Crippen molar-refractivity contribution in [2.45, 2.75) is 52.0 Å². The number of fused-ring (bicyclic) bond motifs is 2. The van der Waals surface area contributed by atoms with Crippen molar-refractivity contribution in [1.29, 1.82) is 0 Å². The highest BCUT2D eigenvalue weighted by molar-refractivity contribution is 5.95. The number of pyridine rings is 2. The zero-order valence-electron chi connectivity index (χ0n) is 20.5. The number of H-pyrrole nitrogens is 1. The van der Waals surface area contributed by atoms with Gasteiger partial charge in [0.15, 0.2) is 11.4 Å². The highest BCUT2D eigenvalue weighted by Crippen LogP contribution is 2.40. The molecular formula is C26H33N7O. The Balaban J connectivity index is 1.42. The van der Waals surface area contributed by atoms with Crippen molar-refractivity contribution >= 4 is 22.4 Å². The number of aryl methyl sites for hydroxylation is 1. The monoisotopic (exact) mass is 459 g/mol. The van der Waals surface area contributed by atoms with Gasteiger partial charge >= 0.3 is 0 Å². The van der Waals surface area contributed by atoms with E-state index in [1.165, 1.54) is 48.9 Å². The van der Waals surface area contributed by atoms with E-state index in [0.717, 1.165) is 47.4 Å². The molecule has 1 N–H and O–H groups in total. The van der Waals surface area contributed by atoms with Crippen molar-refractivity contribution in [1.82, 2.24) is 29.5 Å². The maximum Gasteiger partial charge on any atom is 0.197 e. The summed E-state index contributed by atoms with van der Waals surface area (Å²) in [5, 5.41) is 5.64. The molecule has 0 radical (unpaired) electrons. The summed E-state index contributed by atoms with van der Waals surface area (Å²) in [4.78, 5) is 18.1. The zero-order chi connectivity index (χ0) is 23.4. The number of rotatable bonds is 5. The van der Waals surface area contributed by atoms with Gasteiger partial charge in [0.2, 0.25) is 0 Å². The first-order valence-corrected chi connectivity index (χ1v) is 12.4. The predicted octanol–water partition coefficient (Wildman–Crippen LogP) is 4.39. The van der Waals surface area contributed by atoms with Crippen LogP contribution < -0.4 is 9.64 Å². The highest BCUT2D eigenvalue weighted by atomic mass is 16.5. The number of piperidine rings is 1. The number of aromatic amines is 1. The van der Waals surface area contributed by atoms with E-state index in [0.29, 0.717) is 11.7 Å². The van der Waals surface area contributed by atoms with Crippen molar-refractivity contribution in [2.75, 3.05) is 38.2 Å². The molecular weight excluding hydrogens is 426 g/mol. The summed E-state index contributed by atoms with van der Waals surface area (Å²) < 4.78 is 7.40. The molecule has 6 rings (SSSR count). The molecule has 2 fully saturated rings. The molecule has 0 bridgehead atoms. The van der Waals surface area contributed by atoms with Gasteiger partial charge in [-0.05, 0) is 56.8 Å². The number of ether oxygens (including phenoxy) is 1. The van der Waals surface area contributed by atoms with E-state index in [1.807, 2.05) is 18.5 Å². The third-order valence-electron chi connectivity index (χ3n) is 7.69. The first-order valence-electron chi connectivity index (χ1n) is 12.4. The average Bonchev–Trinajstić information content (AvgIpc) is 3.43. The van der Waals surface area contributed by atoms with Gasteiger partial charge in [0.1, 0.15) is 12.1 Å². The summed E-state index contributed by atoms with van der Waals surface area (Å²) in [6.07, 6.45) is 9.41. The third kappa shape index (κ3) is 3.35. The van der Waals surface area contributed by atoms with Crippen LogP contribution in [0.15, 0.2) is 24.8 Å². The Morgan fingerprint density at radius 2 is 1.91 bits per heavy atom. The van der Waals surface area contributed by atoms with Crippen molar-refractivity contribution in [3.05, 3.63) is 35.9 Å². The lowest BCUT2D eigenvalue weighted by Crippen LogP contribution is -2.50. The molecule has 0 aromatic carbocycles. The van der Waals surface area contributed by atoms with E-state index in [2.05, 4.69) is 45.6 Å². The Morgan fingerprint density at radius 1 is 1.12 bits per heavy atom. The fourth-order valence-corrected chi connectivity index (χ4v) is 5.82. The van der Waals surface area contributed by atoms with Crippen molar-refractivity contribution in [2.24, 2.45) is 0 Å². The molecule has 178 valence electrons. The summed E-state index contributed by atoms with van der Waals surface area (Å²) in [6, 6.07) is 2.80. The summed E-state index contributed by atoms with van der Waals surface area (Å²) in [6.45, 7) is 11.5. The van der Waals surface area contributed by atoms with E-state index in [1.54, 1.807) is 18.0 Å². The Labute approximate surface area is 199 Å². The number of methoxy groups -OCH3 is 1. The van der Waals surface area contributed by atoms with Crippen LogP contribution in [0.25, 0.3) is 27.8 Å². The standard InChI is InChI=1S/C26H33N7O/c1-16(2)22-23-17(3)25(32-10-6-19(7-11-32)31-8-5-9-31)27-13-20(23)30-24(22)18-12-21(34-4)26-28-15-29-33(26)14-18/h12-16,19,30H,5-11H2,1-4H3. The van der Waals surface area contributed by atoms with E-state index >= 15 is 0 Å². The van der Waals surface area contributed by atoms with Crippen molar-refractivity contribution in [3.8, 4) is 17.0 Å². The molecule has 2 aliphatic rings. The molecule has 0 amide bonds. The molecule has 0 unspecified atom stereocenters. The maximum atomic E-state index is 5.62. The Bertz CT molecular complexity index is 1340. The molecule has 2 saturated heterocycles. The van der Waals surface area contributed by atoms with Gasteiger partial charge in [0, 0.05) is 41.8 Å². The second-order valence-electron chi connectivity index (χ2n) is 10.00. The number of hydrogen-bond donors (Lipinski definition) is 1. The van der Waals surface area contributed by atoms with E-state index in [-0.39, 0.29) is 0 Å². The minimum Gasteiger partial charge on any atom is -0.493 e. The largest absolute Gasteiger partial charge is 0.493 e. The van der Waals surface area contributed by atoms with Gasteiger partial charge in [-0.1, -0.05) is 13.8 Å². The summed E-state index contributed by atoms with van der Waals surface area (Å²) in [7, 11) is 1.67. The Hall–Kier alpha value is -3.13. The number of nitrogens with zero attached hydrogens (tertiary/aromatic N) is 6.